The summed E-state index contributed by atoms with van der Waals surface area (Å²) in [7, 11) is 5.03. The quantitative estimate of drug-likeness (QED) is 0.396. The van der Waals surface area contributed by atoms with Crippen LogP contribution >= 0.6 is 0 Å². The van der Waals surface area contributed by atoms with E-state index in [1.54, 1.807) is 0 Å². The molecule has 0 amide bonds. The van der Waals surface area contributed by atoms with Crippen molar-refractivity contribution in [2.24, 2.45) is 5.73 Å². The number of hydrogen-bond acceptors (Lipinski definition) is 3. The fourth-order valence-electron chi connectivity index (χ4n) is 1.58. The molecule has 84 valence electrons. The zero-order valence-electron chi connectivity index (χ0n) is 9.32. The highest BCUT2D eigenvalue weighted by Crippen LogP contribution is 2.12. The Kier molecular flexibility index (Phi) is 6.23. The molecule has 0 saturated carbocycles. The number of aliphatic hydroxyl groups is 1. The molecular weight excluding hydrogens is 180 g/mol. The second-order valence-electron chi connectivity index (χ2n) is 3.53. The first-order valence-electron chi connectivity index (χ1n) is 4.81. The van der Waals surface area contributed by atoms with Gasteiger partial charge in [-0.25, -0.2) is 0 Å². The third-order valence-electron chi connectivity index (χ3n) is 2.62. The van der Waals surface area contributed by atoms with Crippen molar-refractivity contribution in [2.75, 3.05) is 34.3 Å². The second kappa shape index (κ2) is 6.62. The van der Waals surface area contributed by atoms with Gasteiger partial charge >= 0.3 is 0 Å². The molecule has 0 aromatic carbocycles. The maximum Gasteiger partial charge on any atom is 0.188 e. The maximum absolute atomic E-state index is 7.28. The number of rotatable bonds is 1. The molecule has 1 aliphatic rings. The number of nitrogens with one attached hydrogen (secondary N) is 1. The third kappa shape index (κ3) is 3.93. The summed E-state index contributed by atoms with van der Waals surface area (Å²) in [5.74, 6) is 0.185. The lowest BCUT2D eigenvalue weighted by Crippen LogP contribution is -2.46. The molecule has 0 atom stereocenters. The van der Waals surface area contributed by atoms with Crippen LogP contribution < -0.4 is 5.73 Å². The molecule has 14 heavy (non-hydrogen) atoms. The van der Waals surface area contributed by atoms with Gasteiger partial charge in [0.2, 0.25) is 0 Å². The first kappa shape index (κ1) is 13.2. The first-order chi connectivity index (χ1) is 6.61. The molecule has 0 spiro atoms. The summed E-state index contributed by atoms with van der Waals surface area (Å²) in [6, 6.07) is 0.471. The smallest absolute Gasteiger partial charge is 0.188 e. The van der Waals surface area contributed by atoms with Crippen molar-refractivity contribution in [3.8, 4) is 0 Å². The lowest BCUT2D eigenvalue weighted by molar-refractivity contribution is 0.191. The topological polar surface area (TPSA) is 76.6 Å². The van der Waals surface area contributed by atoms with Crippen LogP contribution in [0.4, 0.5) is 0 Å². The summed E-state index contributed by atoms with van der Waals surface area (Å²) in [5.41, 5.74) is 5.40. The molecule has 1 fully saturated rings. The molecular formula is C9H22N4O. The average Bonchev–Trinajstić information content (AvgIpc) is 2.21. The Morgan fingerprint density at radius 3 is 2.21 bits per heavy atom. The van der Waals surface area contributed by atoms with Gasteiger partial charge in [-0.2, -0.15) is 0 Å². The van der Waals surface area contributed by atoms with E-state index in [2.05, 4.69) is 11.9 Å². The van der Waals surface area contributed by atoms with Crippen LogP contribution in [0.5, 0.6) is 0 Å². The summed E-state index contributed by atoms with van der Waals surface area (Å²) >= 11 is 0. The minimum Gasteiger partial charge on any atom is -0.400 e. The van der Waals surface area contributed by atoms with Crippen molar-refractivity contribution in [1.29, 1.82) is 5.41 Å². The van der Waals surface area contributed by atoms with Gasteiger partial charge in [-0.05, 0) is 33.0 Å². The molecule has 0 unspecified atom stereocenters. The molecule has 5 heteroatoms. The zero-order valence-corrected chi connectivity index (χ0v) is 9.32. The predicted molar refractivity (Wildman–Crippen MR) is 58.3 cm³/mol. The minimum atomic E-state index is 0.185. The molecule has 4 N–H and O–H groups in total. The number of hydrogen-bond donors (Lipinski definition) is 3. The van der Waals surface area contributed by atoms with Gasteiger partial charge < -0.3 is 20.6 Å². The number of guanidine groups is 1. The van der Waals surface area contributed by atoms with E-state index in [1.165, 1.54) is 0 Å². The van der Waals surface area contributed by atoms with E-state index < -0.39 is 0 Å². The number of likely N-dealkylation sites (tertiary alicyclic amines) is 1. The summed E-state index contributed by atoms with van der Waals surface area (Å²) in [6.45, 7) is 2.23. The Morgan fingerprint density at radius 2 is 1.86 bits per heavy atom. The van der Waals surface area contributed by atoms with E-state index >= 15 is 0 Å². The van der Waals surface area contributed by atoms with Crippen LogP contribution in [0.1, 0.15) is 12.8 Å². The first-order valence-corrected chi connectivity index (χ1v) is 4.81. The van der Waals surface area contributed by atoms with Crippen LogP contribution in [-0.4, -0.2) is 61.2 Å². The Bertz CT molecular complexity index is 166. The SMILES string of the molecule is CN1CCC(N(C)C(=N)N)CC1.CO. The van der Waals surface area contributed by atoms with E-state index in [4.69, 9.17) is 16.2 Å². The number of aliphatic hydroxyl groups excluding tert-OH is 1. The fourth-order valence-corrected chi connectivity index (χ4v) is 1.58. The number of nitrogens with zero attached hydrogens (tertiary/aromatic N) is 2. The van der Waals surface area contributed by atoms with E-state index in [-0.39, 0.29) is 5.96 Å². The molecule has 1 rings (SSSR count). The molecule has 0 aliphatic carbocycles. The predicted octanol–water partition coefficient (Wildman–Crippen LogP) is -0.486. The Morgan fingerprint density at radius 1 is 1.43 bits per heavy atom. The number of piperidine rings is 1. The normalized spacial score (nSPS) is 18.3. The standard InChI is InChI=1S/C8H18N4.CH4O/c1-11-5-3-7(4-6-11)12(2)8(9)10;1-2/h7H,3-6H2,1-2H3,(H3,9,10);2H,1H3. The van der Waals surface area contributed by atoms with E-state index in [1.807, 2.05) is 11.9 Å². The summed E-state index contributed by atoms with van der Waals surface area (Å²) < 4.78 is 0. The Labute approximate surface area is 86.0 Å². The van der Waals surface area contributed by atoms with Crippen molar-refractivity contribution in [3.63, 3.8) is 0 Å². The third-order valence-corrected chi connectivity index (χ3v) is 2.62. The van der Waals surface area contributed by atoms with Crippen molar-refractivity contribution >= 4 is 5.96 Å². The number of nitrogens with two attached hydrogens (primary N) is 1. The molecule has 1 saturated heterocycles. The van der Waals surface area contributed by atoms with Gasteiger partial charge in [0.25, 0.3) is 0 Å². The van der Waals surface area contributed by atoms with E-state index in [0.29, 0.717) is 6.04 Å². The Balaban J connectivity index is 0.000000791. The molecule has 1 heterocycles. The molecule has 0 aromatic rings. The Hall–Kier alpha value is -0.810. The maximum atomic E-state index is 7.28. The van der Waals surface area contributed by atoms with E-state index in [0.717, 1.165) is 33.0 Å². The van der Waals surface area contributed by atoms with Crippen molar-refractivity contribution in [3.05, 3.63) is 0 Å². The van der Waals surface area contributed by atoms with Gasteiger partial charge in [0.15, 0.2) is 5.96 Å². The molecule has 5 nitrogen and oxygen atoms in total. The molecule has 1 aliphatic heterocycles. The van der Waals surface area contributed by atoms with Gasteiger partial charge in [0.05, 0.1) is 0 Å². The monoisotopic (exact) mass is 202 g/mol. The van der Waals surface area contributed by atoms with Crippen LogP contribution in [0, 0.1) is 5.41 Å². The largest absolute Gasteiger partial charge is 0.400 e. The van der Waals surface area contributed by atoms with Crippen LogP contribution in [0.15, 0.2) is 0 Å². The zero-order chi connectivity index (χ0) is 11.1. The molecule has 0 bridgehead atoms. The lowest BCUT2D eigenvalue weighted by Gasteiger charge is -2.35. The fraction of sp³-hybridized carbons (Fsp3) is 0.889. The van der Waals surface area contributed by atoms with Gasteiger partial charge in [0, 0.05) is 20.2 Å². The van der Waals surface area contributed by atoms with Gasteiger partial charge in [-0.15, -0.1) is 0 Å². The van der Waals surface area contributed by atoms with Crippen LogP contribution in [0.2, 0.25) is 0 Å². The lowest BCUT2D eigenvalue weighted by atomic mass is 10.0. The van der Waals surface area contributed by atoms with Crippen molar-refractivity contribution in [1.82, 2.24) is 9.80 Å². The van der Waals surface area contributed by atoms with Crippen molar-refractivity contribution < 1.29 is 5.11 Å². The highest BCUT2D eigenvalue weighted by molar-refractivity contribution is 5.74. The summed E-state index contributed by atoms with van der Waals surface area (Å²) in [5, 5.41) is 14.3. The second-order valence-corrected chi connectivity index (χ2v) is 3.53. The van der Waals surface area contributed by atoms with Gasteiger partial charge in [-0.1, -0.05) is 0 Å². The van der Waals surface area contributed by atoms with Crippen LogP contribution in [-0.2, 0) is 0 Å². The van der Waals surface area contributed by atoms with Gasteiger partial charge in [0.1, 0.15) is 0 Å². The van der Waals surface area contributed by atoms with Gasteiger partial charge in [-0.3, -0.25) is 5.41 Å². The average molecular weight is 202 g/mol. The van der Waals surface area contributed by atoms with Crippen molar-refractivity contribution in [2.45, 2.75) is 18.9 Å². The van der Waals surface area contributed by atoms with Crippen LogP contribution in [0.25, 0.3) is 0 Å². The minimum absolute atomic E-state index is 0.185. The highest BCUT2D eigenvalue weighted by atomic mass is 16.2. The summed E-state index contributed by atoms with van der Waals surface area (Å²) in [6.07, 6.45) is 2.24. The molecule has 0 aromatic heterocycles. The van der Waals surface area contributed by atoms with Crippen LogP contribution in [0.3, 0.4) is 0 Å². The highest BCUT2D eigenvalue weighted by Gasteiger charge is 2.20. The van der Waals surface area contributed by atoms with E-state index in [9.17, 15) is 0 Å². The molecule has 0 radical (unpaired) electrons. The summed E-state index contributed by atoms with van der Waals surface area (Å²) in [4.78, 5) is 4.18.